The van der Waals surface area contributed by atoms with Gasteiger partial charge in [-0.15, -0.1) is 0 Å². The zero-order chi connectivity index (χ0) is 9.42. The highest BCUT2D eigenvalue weighted by Gasteiger charge is 2.38. The first kappa shape index (κ1) is 9.51. The molecule has 0 aromatic heterocycles. The molecule has 0 saturated carbocycles. The molecular formula is C12H23N. The van der Waals surface area contributed by atoms with Crippen LogP contribution >= 0.6 is 0 Å². The largest absolute Gasteiger partial charge is 0.300 e. The first-order valence-electron chi connectivity index (χ1n) is 5.94. The number of nitrogens with zero attached hydrogens (tertiary/aromatic N) is 1. The van der Waals surface area contributed by atoms with Crippen LogP contribution in [0.25, 0.3) is 0 Å². The summed E-state index contributed by atoms with van der Waals surface area (Å²) in [7, 11) is 0. The molecule has 2 heterocycles. The zero-order valence-corrected chi connectivity index (χ0v) is 9.29. The number of piperidine rings is 1. The van der Waals surface area contributed by atoms with Crippen LogP contribution in [-0.4, -0.2) is 24.0 Å². The van der Waals surface area contributed by atoms with Crippen molar-refractivity contribution < 1.29 is 0 Å². The summed E-state index contributed by atoms with van der Waals surface area (Å²) in [6.45, 7) is 10.0. The molecule has 2 aliphatic heterocycles. The van der Waals surface area contributed by atoms with Crippen molar-refractivity contribution in [1.29, 1.82) is 0 Å². The normalized spacial score (nSPS) is 41.1. The minimum Gasteiger partial charge on any atom is -0.300 e. The fourth-order valence-electron chi connectivity index (χ4n) is 3.53. The van der Waals surface area contributed by atoms with Gasteiger partial charge in [0.05, 0.1) is 0 Å². The molecule has 2 saturated heterocycles. The molecule has 0 amide bonds. The maximum Gasteiger partial charge on any atom is 0.0124 e. The third-order valence-electron chi connectivity index (χ3n) is 4.30. The van der Waals surface area contributed by atoms with Gasteiger partial charge in [-0.2, -0.15) is 0 Å². The fraction of sp³-hybridized carbons (Fsp3) is 1.00. The topological polar surface area (TPSA) is 3.24 Å². The van der Waals surface area contributed by atoms with E-state index in [4.69, 9.17) is 0 Å². The van der Waals surface area contributed by atoms with Crippen molar-refractivity contribution in [2.75, 3.05) is 13.1 Å². The van der Waals surface area contributed by atoms with Crippen LogP contribution in [0.1, 0.15) is 40.0 Å². The molecule has 3 atom stereocenters. The van der Waals surface area contributed by atoms with Gasteiger partial charge in [0.1, 0.15) is 0 Å². The predicted octanol–water partition coefficient (Wildman–Crippen LogP) is 2.76. The standard InChI is InChI=1S/C12H23N/c1-9(2)11-6-8-13-7-4-5-12(13)10(11)3/h9-12H,4-8H2,1-3H3. The molecule has 3 unspecified atom stereocenters. The highest BCUT2D eigenvalue weighted by Crippen LogP contribution is 2.38. The summed E-state index contributed by atoms with van der Waals surface area (Å²) in [6.07, 6.45) is 4.35. The Morgan fingerprint density at radius 3 is 2.62 bits per heavy atom. The summed E-state index contributed by atoms with van der Waals surface area (Å²) >= 11 is 0. The molecule has 0 aromatic carbocycles. The average Bonchev–Trinajstić information content (AvgIpc) is 2.52. The highest BCUT2D eigenvalue weighted by atomic mass is 15.2. The third-order valence-corrected chi connectivity index (χ3v) is 4.30. The molecule has 0 aliphatic carbocycles. The van der Waals surface area contributed by atoms with Crippen molar-refractivity contribution in [2.45, 2.75) is 46.1 Å². The quantitative estimate of drug-likeness (QED) is 0.601. The van der Waals surface area contributed by atoms with Gasteiger partial charge >= 0.3 is 0 Å². The molecule has 2 rings (SSSR count). The second kappa shape index (κ2) is 3.61. The lowest BCUT2D eigenvalue weighted by Gasteiger charge is -2.42. The smallest absolute Gasteiger partial charge is 0.0124 e. The lowest BCUT2D eigenvalue weighted by Crippen LogP contribution is -2.45. The summed E-state index contributed by atoms with van der Waals surface area (Å²) in [5, 5.41) is 0. The molecule has 0 aromatic rings. The second-order valence-corrected chi connectivity index (χ2v) is 5.30. The number of rotatable bonds is 1. The van der Waals surface area contributed by atoms with E-state index in [0.29, 0.717) is 0 Å². The molecule has 76 valence electrons. The molecule has 0 spiro atoms. The van der Waals surface area contributed by atoms with Crippen LogP contribution in [0.2, 0.25) is 0 Å². The molecule has 1 nitrogen and oxygen atoms in total. The van der Waals surface area contributed by atoms with E-state index in [-0.39, 0.29) is 0 Å². The van der Waals surface area contributed by atoms with E-state index >= 15 is 0 Å². The van der Waals surface area contributed by atoms with Gasteiger partial charge < -0.3 is 4.90 Å². The van der Waals surface area contributed by atoms with Crippen molar-refractivity contribution >= 4 is 0 Å². The molecule has 0 N–H and O–H groups in total. The Kier molecular flexibility index (Phi) is 2.64. The van der Waals surface area contributed by atoms with Crippen LogP contribution in [0.15, 0.2) is 0 Å². The van der Waals surface area contributed by atoms with E-state index in [1.807, 2.05) is 0 Å². The molecule has 0 radical (unpaired) electrons. The van der Waals surface area contributed by atoms with Crippen LogP contribution in [0.3, 0.4) is 0 Å². The van der Waals surface area contributed by atoms with Gasteiger partial charge in [-0.05, 0) is 50.1 Å². The fourth-order valence-corrected chi connectivity index (χ4v) is 3.53. The van der Waals surface area contributed by atoms with Gasteiger partial charge in [-0.3, -0.25) is 0 Å². The van der Waals surface area contributed by atoms with Crippen molar-refractivity contribution in [2.24, 2.45) is 17.8 Å². The molecule has 13 heavy (non-hydrogen) atoms. The monoisotopic (exact) mass is 181 g/mol. The van der Waals surface area contributed by atoms with Crippen molar-refractivity contribution in [3.8, 4) is 0 Å². The summed E-state index contributed by atoms with van der Waals surface area (Å²) in [5.41, 5.74) is 0. The lowest BCUT2D eigenvalue weighted by molar-refractivity contribution is 0.0668. The molecule has 0 bridgehead atoms. The van der Waals surface area contributed by atoms with Crippen LogP contribution in [0.4, 0.5) is 0 Å². The Morgan fingerprint density at radius 2 is 1.92 bits per heavy atom. The van der Waals surface area contributed by atoms with Crippen LogP contribution < -0.4 is 0 Å². The van der Waals surface area contributed by atoms with Gasteiger partial charge in [0.25, 0.3) is 0 Å². The predicted molar refractivity (Wildman–Crippen MR) is 56.7 cm³/mol. The highest BCUT2D eigenvalue weighted by molar-refractivity contribution is 4.91. The Balaban J connectivity index is 2.04. The van der Waals surface area contributed by atoms with E-state index in [9.17, 15) is 0 Å². The molecule has 1 heteroatoms. The Bertz CT molecular complexity index is 174. The maximum absolute atomic E-state index is 2.73. The van der Waals surface area contributed by atoms with E-state index < -0.39 is 0 Å². The first-order valence-corrected chi connectivity index (χ1v) is 5.94. The van der Waals surface area contributed by atoms with Crippen LogP contribution in [0, 0.1) is 17.8 Å². The maximum atomic E-state index is 2.73. The minimum absolute atomic E-state index is 0.887. The molecule has 2 aliphatic rings. The zero-order valence-electron chi connectivity index (χ0n) is 9.29. The number of fused-ring (bicyclic) bond motifs is 1. The third kappa shape index (κ3) is 1.63. The van der Waals surface area contributed by atoms with Gasteiger partial charge in [0.2, 0.25) is 0 Å². The van der Waals surface area contributed by atoms with E-state index in [1.165, 1.54) is 32.4 Å². The second-order valence-electron chi connectivity index (χ2n) is 5.30. The minimum atomic E-state index is 0.887. The molecular weight excluding hydrogens is 158 g/mol. The van der Waals surface area contributed by atoms with Crippen molar-refractivity contribution in [1.82, 2.24) is 4.90 Å². The lowest BCUT2D eigenvalue weighted by atomic mass is 9.75. The van der Waals surface area contributed by atoms with Gasteiger partial charge in [-0.25, -0.2) is 0 Å². The Labute approximate surface area is 82.5 Å². The summed E-state index contributed by atoms with van der Waals surface area (Å²) in [6, 6.07) is 0.932. The van der Waals surface area contributed by atoms with Crippen molar-refractivity contribution in [3.05, 3.63) is 0 Å². The van der Waals surface area contributed by atoms with E-state index in [2.05, 4.69) is 25.7 Å². The van der Waals surface area contributed by atoms with Crippen LogP contribution in [0.5, 0.6) is 0 Å². The van der Waals surface area contributed by atoms with E-state index in [1.54, 1.807) is 0 Å². The van der Waals surface area contributed by atoms with E-state index in [0.717, 1.165) is 23.8 Å². The first-order chi connectivity index (χ1) is 6.20. The summed E-state index contributed by atoms with van der Waals surface area (Å²) in [4.78, 5) is 2.73. The SMILES string of the molecule is CC(C)C1CCN2CCCC2C1C. The average molecular weight is 181 g/mol. The number of hydrogen-bond donors (Lipinski definition) is 0. The van der Waals surface area contributed by atoms with Gasteiger partial charge in [0, 0.05) is 6.04 Å². The van der Waals surface area contributed by atoms with Crippen molar-refractivity contribution in [3.63, 3.8) is 0 Å². The molecule has 2 fully saturated rings. The Morgan fingerprint density at radius 1 is 1.15 bits per heavy atom. The van der Waals surface area contributed by atoms with Gasteiger partial charge in [-0.1, -0.05) is 20.8 Å². The number of hydrogen-bond acceptors (Lipinski definition) is 1. The Hall–Kier alpha value is -0.0400. The summed E-state index contributed by atoms with van der Waals surface area (Å²) in [5.74, 6) is 2.81. The van der Waals surface area contributed by atoms with Gasteiger partial charge in [0.15, 0.2) is 0 Å². The summed E-state index contributed by atoms with van der Waals surface area (Å²) < 4.78 is 0. The van der Waals surface area contributed by atoms with Crippen LogP contribution in [-0.2, 0) is 0 Å².